The van der Waals surface area contributed by atoms with Gasteiger partial charge in [-0.05, 0) is 0 Å². The Morgan fingerprint density at radius 2 is 0.833 bits per heavy atom. The molecule has 122 valence electrons. The van der Waals surface area contributed by atoms with E-state index in [1.54, 1.807) is 10.7 Å². The van der Waals surface area contributed by atoms with Crippen molar-refractivity contribution < 1.29 is 0 Å². The first-order valence-electron chi connectivity index (χ1n) is 8.69. The molecule has 1 heteroatoms. The fourth-order valence-electron chi connectivity index (χ4n) is 3.77. The van der Waals surface area contributed by atoms with Crippen LogP contribution in [0, 0.1) is 5.41 Å². The fraction of sp³-hybridized carbons (Fsp3) is 0.217. The third kappa shape index (κ3) is 3.59. The van der Waals surface area contributed by atoms with Gasteiger partial charge in [0.25, 0.3) is 0 Å². The van der Waals surface area contributed by atoms with Crippen LogP contribution in [0.2, 0.25) is 4.44 Å². The van der Waals surface area contributed by atoms with E-state index in [9.17, 15) is 0 Å². The average Bonchev–Trinajstić information content (AvgIpc) is 2.61. The first kappa shape index (κ1) is 17.3. The molecule has 0 aliphatic heterocycles. The third-order valence-electron chi connectivity index (χ3n) is 4.60. The van der Waals surface area contributed by atoms with Crippen LogP contribution in [0.15, 0.2) is 91.0 Å². The summed E-state index contributed by atoms with van der Waals surface area (Å²) in [6.07, 6.45) is 0. The van der Waals surface area contributed by atoms with E-state index in [0.717, 1.165) is 0 Å². The molecule has 0 amide bonds. The Bertz CT molecular complexity index is 659. The molecule has 0 aromatic heterocycles. The molecule has 0 aliphatic carbocycles. The summed E-state index contributed by atoms with van der Waals surface area (Å²) < 4.78 is 5.97. The quantitative estimate of drug-likeness (QED) is 0.554. The molecule has 0 atom stereocenters. The van der Waals surface area contributed by atoms with E-state index in [0.29, 0.717) is 0 Å². The maximum atomic E-state index is 2.38. The van der Waals surface area contributed by atoms with Crippen LogP contribution < -0.4 is 10.7 Å². The van der Waals surface area contributed by atoms with Gasteiger partial charge in [0.15, 0.2) is 0 Å². The summed E-state index contributed by atoms with van der Waals surface area (Å²) in [7, 11) is 0. The van der Waals surface area contributed by atoms with Crippen molar-refractivity contribution in [1.82, 2.24) is 0 Å². The summed E-state index contributed by atoms with van der Waals surface area (Å²) in [5, 5.41) is 0. The molecule has 0 spiro atoms. The summed E-state index contributed by atoms with van der Waals surface area (Å²) in [5.74, 6) is 0. The molecule has 0 heterocycles. The van der Waals surface area contributed by atoms with Crippen LogP contribution in [0.25, 0.3) is 0 Å². The van der Waals surface area contributed by atoms with Crippen molar-refractivity contribution in [3.8, 4) is 0 Å². The number of hydrogen-bond acceptors (Lipinski definition) is 0. The van der Waals surface area contributed by atoms with Crippen molar-refractivity contribution >= 4 is 29.1 Å². The predicted molar refractivity (Wildman–Crippen MR) is 108 cm³/mol. The van der Waals surface area contributed by atoms with Gasteiger partial charge in [-0.3, -0.25) is 0 Å². The summed E-state index contributed by atoms with van der Waals surface area (Å²) >= 11 is -3.04. The van der Waals surface area contributed by atoms with E-state index in [-0.39, 0.29) is 5.41 Å². The van der Waals surface area contributed by atoms with E-state index in [1.165, 1.54) is 4.44 Å². The standard InChI is InChI=1S/3C6H5.C5H11.Sn/c3*1-2-4-6-5-3-1;1-5(2,3)4;/h3*1-5H;1H2,2-4H3;. The molecule has 24 heavy (non-hydrogen) atoms. The van der Waals surface area contributed by atoms with Gasteiger partial charge in [-0.15, -0.1) is 0 Å². The van der Waals surface area contributed by atoms with Gasteiger partial charge in [-0.1, -0.05) is 0 Å². The molecule has 0 N–H and O–H groups in total. The van der Waals surface area contributed by atoms with E-state index >= 15 is 0 Å². The Morgan fingerprint density at radius 1 is 0.542 bits per heavy atom. The molecule has 3 aromatic rings. The molecule has 0 nitrogen and oxygen atoms in total. The molecule has 3 rings (SSSR count). The molecule has 0 saturated carbocycles. The first-order chi connectivity index (χ1) is 11.5. The van der Waals surface area contributed by atoms with Crippen LogP contribution in [0.1, 0.15) is 20.8 Å². The van der Waals surface area contributed by atoms with E-state index in [4.69, 9.17) is 0 Å². The van der Waals surface area contributed by atoms with Gasteiger partial charge in [0.2, 0.25) is 0 Å². The molecule has 0 aliphatic rings. The molecule has 0 unspecified atom stereocenters. The Labute approximate surface area is 150 Å². The zero-order valence-corrected chi connectivity index (χ0v) is 17.7. The predicted octanol–water partition coefficient (Wildman–Crippen LogP) is 4.20. The van der Waals surface area contributed by atoms with Crippen LogP contribution in [0.5, 0.6) is 0 Å². The number of benzene rings is 3. The van der Waals surface area contributed by atoms with Crippen molar-refractivity contribution in [2.75, 3.05) is 0 Å². The van der Waals surface area contributed by atoms with Gasteiger partial charge in [0, 0.05) is 0 Å². The number of hydrogen-bond donors (Lipinski definition) is 0. The molecule has 3 aromatic carbocycles. The Morgan fingerprint density at radius 3 is 1.08 bits per heavy atom. The van der Waals surface area contributed by atoms with Gasteiger partial charge in [-0.25, -0.2) is 0 Å². The molecular weight excluding hydrogens is 395 g/mol. The second kappa shape index (κ2) is 7.14. The van der Waals surface area contributed by atoms with Crippen LogP contribution in [0.3, 0.4) is 0 Å². The van der Waals surface area contributed by atoms with Crippen molar-refractivity contribution in [1.29, 1.82) is 0 Å². The average molecular weight is 421 g/mol. The zero-order valence-electron chi connectivity index (χ0n) is 14.9. The Balaban J connectivity index is 2.33. The minimum absolute atomic E-state index is 0.289. The van der Waals surface area contributed by atoms with Crippen molar-refractivity contribution in [3.05, 3.63) is 91.0 Å². The second-order valence-electron chi connectivity index (χ2n) is 7.74. The van der Waals surface area contributed by atoms with Gasteiger partial charge >= 0.3 is 151 Å². The van der Waals surface area contributed by atoms with E-state index in [1.807, 2.05) is 0 Å². The van der Waals surface area contributed by atoms with Crippen LogP contribution in [-0.4, -0.2) is 18.4 Å². The molecule has 0 radical (unpaired) electrons. The van der Waals surface area contributed by atoms with Crippen molar-refractivity contribution in [2.45, 2.75) is 25.2 Å². The summed E-state index contributed by atoms with van der Waals surface area (Å²) in [5.41, 5.74) is 0.289. The van der Waals surface area contributed by atoms with Crippen molar-refractivity contribution in [3.63, 3.8) is 0 Å². The summed E-state index contributed by atoms with van der Waals surface area (Å²) in [6, 6.07) is 33.8. The fourth-order valence-corrected chi connectivity index (χ4v) is 19.4. The normalized spacial score (nSPS) is 12.1. The van der Waals surface area contributed by atoms with Gasteiger partial charge in [0.1, 0.15) is 0 Å². The number of rotatable bonds is 4. The van der Waals surface area contributed by atoms with Gasteiger partial charge < -0.3 is 0 Å². The van der Waals surface area contributed by atoms with Crippen molar-refractivity contribution in [2.24, 2.45) is 5.41 Å². The third-order valence-corrected chi connectivity index (χ3v) is 20.4. The monoisotopic (exact) mass is 422 g/mol. The second-order valence-corrected chi connectivity index (χ2v) is 18.9. The topological polar surface area (TPSA) is 0 Å². The maximum absolute atomic E-state index is 3.04. The van der Waals surface area contributed by atoms with Gasteiger partial charge in [-0.2, -0.15) is 0 Å². The first-order valence-corrected chi connectivity index (χ1v) is 15.0. The SMILES string of the molecule is CC(C)(C)[CH2][Sn]([c]1ccccc1)([c]1ccccc1)[c]1ccccc1. The molecule has 0 saturated heterocycles. The molecular formula is C23H26Sn. The molecule has 0 bridgehead atoms. The summed E-state index contributed by atoms with van der Waals surface area (Å²) in [6.45, 7) is 7.15. The van der Waals surface area contributed by atoms with E-state index in [2.05, 4.69) is 112 Å². The van der Waals surface area contributed by atoms with Crippen LogP contribution in [-0.2, 0) is 0 Å². The minimum atomic E-state index is -3.04. The summed E-state index contributed by atoms with van der Waals surface area (Å²) in [4.78, 5) is 0. The van der Waals surface area contributed by atoms with Crippen LogP contribution >= 0.6 is 0 Å². The molecule has 0 fully saturated rings. The van der Waals surface area contributed by atoms with Gasteiger partial charge in [0.05, 0.1) is 0 Å². The van der Waals surface area contributed by atoms with E-state index < -0.39 is 18.4 Å². The zero-order chi connectivity index (χ0) is 17.0. The Hall–Kier alpha value is -1.54. The van der Waals surface area contributed by atoms with Crippen LogP contribution in [0.4, 0.5) is 0 Å². The Kier molecular flexibility index (Phi) is 5.15.